The van der Waals surface area contributed by atoms with E-state index in [0.717, 1.165) is 5.56 Å². The highest BCUT2D eigenvalue weighted by molar-refractivity contribution is 5.99. The van der Waals surface area contributed by atoms with Gasteiger partial charge in [-0.3, -0.25) is 14.9 Å². The highest BCUT2D eigenvalue weighted by Gasteiger charge is 2.15. The molecule has 0 aliphatic carbocycles. The number of nitro benzene ring substituents is 1. The average molecular weight is 429 g/mol. The lowest BCUT2D eigenvalue weighted by atomic mass is 10.1. The number of nitrogens with zero attached hydrogens (tertiary/aromatic N) is 2. The van der Waals surface area contributed by atoms with Crippen molar-refractivity contribution in [3.8, 4) is 11.5 Å². The van der Waals surface area contributed by atoms with Gasteiger partial charge in [-0.2, -0.15) is 0 Å². The normalized spacial score (nSPS) is 12.3. The summed E-state index contributed by atoms with van der Waals surface area (Å²) in [5.74, 6) is -0.132. The molecule has 3 rings (SSSR count). The van der Waals surface area contributed by atoms with Crippen LogP contribution in [0.3, 0.4) is 0 Å². The van der Waals surface area contributed by atoms with Crippen LogP contribution < -0.4 is 14.8 Å². The van der Waals surface area contributed by atoms with E-state index in [-0.39, 0.29) is 12.5 Å². The number of hydrogen-bond acceptors (Lipinski definition) is 9. The summed E-state index contributed by atoms with van der Waals surface area (Å²) < 4.78 is 15.4. The van der Waals surface area contributed by atoms with Crippen molar-refractivity contribution in [1.29, 1.82) is 0 Å². The molecule has 1 aliphatic rings. The number of aryl methyl sites for hydroxylation is 1. The first-order valence-corrected chi connectivity index (χ1v) is 9.10. The number of benzene rings is 2. The van der Waals surface area contributed by atoms with Crippen molar-refractivity contribution < 1.29 is 33.6 Å². The number of anilines is 1. The predicted octanol–water partition coefficient (Wildman–Crippen LogP) is 2.55. The van der Waals surface area contributed by atoms with Crippen molar-refractivity contribution in [1.82, 2.24) is 0 Å². The maximum absolute atomic E-state index is 11.9. The number of carbonyl (C=O) groups excluding carboxylic acids is 2. The van der Waals surface area contributed by atoms with Gasteiger partial charge >= 0.3 is 5.97 Å². The van der Waals surface area contributed by atoms with E-state index in [9.17, 15) is 19.7 Å². The molecular weight excluding hydrogens is 410 g/mol. The molecule has 0 fully saturated rings. The molecule has 162 valence electrons. The molecule has 1 heterocycles. The van der Waals surface area contributed by atoms with E-state index in [1.165, 1.54) is 18.2 Å². The number of rotatable bonds is 8. The van der Waals surface area contributed by atoms with Crippen molar-refractivity contribution in [2.24, 2.45) is 5.16 Å². The Morgan fingerprint density at radius 2 is 1.94 bits per heavy atom. The fourth-order valence-corrected chi connectivity index (χ4v) is 2.63. The highest BCUT2D eigenvalue weighted by Crippen LogP contribution is 2.32. The van der Waals surface area contributed by atoms with Gasteiger partial charge in [-0.15, -0.1) is 0 Å². The molecule has 0 bridgehead atoms. The van der Waals surface area contributed by atoms with E-state index in [1.807, 2.05) is 0 Å². The number of non-ortho nitro benzene ring substituents is 1. The number of hydrogen-bond donors (Lipinski definition) is 1. The lowest BCUT2D eigenvalue weighted by Crippen LogP contribution is -2.23. The first-order chi connectivity index (χ1) is 14.8. The number of nitro groups is 1. The first kappa shape index (κ1) is 21.6. The Labute approximate surface area is 176 Å². The lowest BCUT2D eigenvalue weighted by Gasteiger charge is -2.09. The van der Waals surface area contributed by atoms with Crippen LogP contribution in [0.25, 0.3) is 0 Å². The number of amides is 1. The zero-order valence-electron chi connectivity index (χ0n) is 16.7. The number of esters is 1. The number of carbonyl (C=O) groups is 2. The summed E-state index contributed by atoms with van der Waals surface area (Å²) in [4.78, 5) is 38.9. The van der Waals surface area contributed by atoms with Gasteiger partial charge < -0.3 is 24.4 Å². The third-order valence-corrected chi connectivity index (χ3v) is 4.23. The second kappa shape index (κ2) is 9.57. The summed E-state index contributed by atoms with van der Waals surface area (Å²) in [5.41, 5.74) is 2.04. The predicted molar refractivity (Wildman–Crippen MR) is 108 cm³/mol. The molecule has 0 atom stereocenters. The van der Waals surface area contributed by atoms with Gasteiger partial charge in [-0.05, 0) is 43.7 Å². The van der Waals surface area contributed by atoms with E-state index < -0.39 is 30.0 Å². The zero-order chi connectivity index (χ0) is 22.4. The van der Waals surface area contributed by atoms with E-state index in [1.54, 1.807) is 32.0 Å². The van der Waals surface area contributed by atoms with E-state index in [0.29, 0.717) is 28.5 Å². The second-order valence-corrected chi connectivity index (χ2v) is 6.48. The summed E-state index contributed by atoms with van der Waals surface area (Å²) >= 11 is 0. The molecule has 11 heteroatoms. The molecule has 2 aromatic carbocycles. The number of nitrogens with one attached hydrogen (secondary N) is 1. The van der Waals surface area contributed by atoms with Crippen LogP contribution in [-0.4, -0.2) is 42.5 Å². The quantitative estimate of drug-likeness (QED) is 0.292. The SMILES string of the molecule is C/C(=N\OCC(=O)OCC(=O)Nc1ccc([N+](=O)[O-])cc1C)c1ccc2c(c1)OCO2. The number of ether oxygens (including phenoxy) is 3. The van der Waals surface area contributed by atoms with E-state index >= 15 is 0 Å². The van der Waals surface area contributed by atoms with Gasteiger partial charge in [0.25, 0.3) is 11.6 Å². The Bertz CT molecular complexity index is 1050. The minimum Gasteiger partial charge on any atom is -0.454 e. The maximum Gasteiger partial charge on any atom is 0.347 e. The minimum atomic E-state index is -0.780. The molecule has 31 heavy (non-hydrogen) atoms. The molecular formula is C20H19N3O8. The fourth-order valence-electron chi connectivity index (χ4n) is 2.63. The van der Waals surface area contributed by atoms with Gasteiger partial charge in [-0.1, -0.05) is 5.16 Å². The minimum absolute atomic E-state index is 0.0873. The van der Waals surface area contributed by atoms with Crippen LogP contribution in [0.5, 0.6) is 11.5 Å². The van der Waals surface area contributed by atoms with Crippen molar-refractivity contribution in [2.45, 2.75) is 13.8 Å². The molecule has 2 aromatic rings. The van der Waals surface area contributed by atoms with Crippen LogP contribution in [0.2, 0.25) is 0 Å². The van der Waals surface area contributed by atoms with Crippen molar-refractivity contribution in [3.63, 3.8) is 0 Å². The lowest BCUT2D eigenvalue weighted by molar-refractivity contribution is -0.384. The molecule has 0 aromatic heterocycles. The molecule has 0 saturated carbocycles. The van der Waals surface area contributed by atoms with Crippen molar-refractivity contribution in [2.75, 3.05) is 25.3 Å². The average Bonchev–Trinajstić information content (AvgIpc) is 3.21. The Morgan fingerprint density at radius 1 is 1.16 bits per heavy atom. The van der Waals surface area contributed by atoms with Crippen molar-refractivity contribution in [3.05, 3.63) is 57.6 Å². The van der Waals surface area contributed by atoms with E-state index in [2.05, 4.69) is 10.5 Å². The van der Waals surface area contributed by atoms with Crippen LogP contribution >= 0.6 is 0 Å². The van der Waals surface area contributed by atoms with Gasteiger partial charge in [0.15, 0.2) is 18.1 Å². The van der Waals surface area contributed by atoms with Gasteiger partial charge in [0.05, 0.1) is 10.6 Å². The Hall–Kier alpha value is -4.15. The van der Waals surface area contributed by atoms with Crippen molar-refractivity contribution >= 4 is 29.0 Å². The topological polar surface area (TPSA) is 139 Å². The monoisotopic (exact) mass is 429 g/mol. The van der Waals surface area contributed by atoms with Crippen LogP contribution in [0.15, 0.2) is 41.6 Å². The smallest absolute Gasteiger partial charge is 0.347 e. The number of fused-ring (bicyclic) bond motifs is 1. The van der Waals surface area contributed by atoms with Gasteiger partial charge in [0.2, 0.25) is 13.4 Å². The Balaban J connectivity index is 1.43. The van der Waals surface area contributed by atoms with E-state index in [4.69, 9.17) is 19.0 Å². The molecule has 1 aliphatic heterocycles. The largest absolute Gasteiger partial charge is 0.454 e. The third kappa shape index (κ3) is 5.69. The summed E-state index contributed by atoms with van der Waals surface area (Å²) in [6, 6.07) is 9.27. The second-order valence-electron chi connectivity index (χ2n) is 6.48. The molecule has 0 spiro atoms. The molecule has 11 nitrogen and oxygen atoms in total. The first-order valence-electron chi connectivity index (χ1n) is 9.10. The Morgan fingerprint density at radius 3 is 2.68 bits per heavy atom. The Kier molecular flexibility index (Phi) is 6.65. The molecule has 0 saturated heterocycles. The zero-order valence-corrected chi connectivity index (χ0v) is 16.7. The van der Waals surface area contributed by atoms with Crippen LogP contribution in [0, 0.1) is 17.0 Å². The van der Waals surface area contributed by atoms with Crippen LogP contribution in [-0.2, 0) is 19.2 Å². The molecule has 1 N–H and O–H groups in total. The highest BCUT2D eigenvalue weighted by atomic mass is 16.7. The maximum atomic E-state index is 11.9. The summed E-state index contributed by atoms with van der Waals surface area (Å²) in [6.07, 6.45) is 0. The summed E-state index contributed by atoms with van der Waals surface area (Å²) in [6.45, 7) is 2.45. The van der Waals surface area contributed by atoms with Gasteiger partial charge in [0.1, 0.15) is 0 Å². The number of oxime groups is 1. The van der Waals surface area contributed by atoms with Gasteiger partial charge in [-0.25, -0.2) is 4.79 Å². The summed E-state index contributed by atoms with van der Waals surface area (Å²) in [5, 5.41) is 17.1. The van der Waals surface area contributed by atoms with Crippen LogP contribution in [0.1, 0.15) is 18.1 Å². The van der Waals surface area contributed by atoms with Crippen LogP contribution in [0.4, 0.5) is 11.4 Å². The summed E-state index contributed by atoms with van der Waals surface area (Å²) in [7, 11) is 0. The molecule has 0 unspecified atom stereocenters. The fraction of sp³-hybridized carbons (Fsp3) is 0.250. The van der Waals surface area contributed by atoms with Gasteiger partial charge in [0, 0.05) is 23.4 Å². The molecule has 0 radical (unpaired) electrons. The standard InChI is InChI=1S/C20H19N3O8/c1-12-7-15(23(26)27)4-5-16(12)21-19(24)9-28-20(25)10-31-22-13(2)14-3-6-17-18(8-14)30-11-29-17/h3-8H,9-11H2,1-2H3,(H,21,24)/b22-13+. The molecule has 1 amide bonds. The third-order valence-electron chi connectivity index (χ3n) is 4.23.